The first-order valence-corrected chi connectivity index (χ1v) is 8.23. The summed E-state index contributed by atoms with van der Waals surface area (Å²) in [6.45, 7) is 4.15. The lowest BCUT2D eigenvalue weighted by Gasteiger charge is -2.24. The highest BCUT2D eigenvalue weighted by Crippen LogP contribution is 2.09. The normalized spacial score (nSPS) is 10.5. The van der Waals surface area contributed by atoms with Gasteiger partial charge >= 0.3 is 0 Å². The van der Waals surface area contributed by atoms with E-state index in [-0.39, 0.29) is 0 Å². The Balaban J connectivity index is 2.79. The summed E-state index contributed by atoms with van der Waals surface area (Å²) in [4.78, 5) is 0. The third-order valence-corrected chi connectivity index (χ3v) is 7.14. The van der Waals surface area contributed by atoms with Crippen LogP contribution in [0.2, 0.25) is 0 Å². The molecular formula is C18H16Si. The van der Waals surface area contributed by atoms with Crippen molar-refractivity contribution in [1.29, 1.82) is 0 Å². The summed E-state index contributed by atoms with van der Waals surface area (Å²) < 4.78 is 0. The third kappa shape index (κ3) is 2.10. The summed E-state index contributed by atoms with van der Waals surface area (Å²) >= 11 is 0. The molecule has 2 aromatic rings. The Morgan fingerprint density at radius 3 is 1.42 bits per heavy atom. The molecule has 0 nitrogen and oxygen atoms in total. The Morgan fingerprint density at radius 1 is 0.737 bits per heavy atom. The van der Waals surface area contributed by atoms with Crippen LogP contribution in [-0.2, 0) is 0 Å². The van der Waals surface area contributed by atoms with E-state index < -0.39 is 8.07 Å². The summed E-state index contributed by atoms with van der Waals surface area (Å²) in [7, 11) is -2.53. The van der Waals surface area contributed by atoms with E-state index in [0.717, 1.165) is 10.4 Å². The van der Waals surface area contributed by atoms with Crippen molar-refractivity contribution >= 4 is 18.4 Å². The van der Waals surface area contributed by atoms with Gasteiger partial charge in [0.1, 0.15) is 0 Å². The molecule has 0 heterocycles. The molecule has 0 amide bonds. The molecule has 0 aliphatic heterocycles. The first-order valence-electron chi connectivity index (χ1n) is 6.23. The average molecular weight is 260 g/mol. The van der Waals surface area contributed by atoms with Crippen molar-refractivity contribution in [2.45, 2.75) is 13.8 Å². The van der Waals surface area contributed by atoms with Gasteiger partial charge in [0, 0.05) is 0 Å². The van der Waals surface area contributed by atoms with E-state index in [0.29, 0.717) is 0 Å². The zero-order chi connectivity index (χ0) is 13.9. The lowest BCUT2D eigenvalue weighted by atomic mass is 10.2. The van der Waals surface area contributed by atoms with Gasteiger partial charge in [-0.15, -0.1) is 23.9 Å². The van der Waals surface area contributed by atoms with Gasteiger partial charge in [0.15, 0.2) is 0 Å². The van der Waals surface area contributed by atoms with Gasteiger partial charge in [-0.05, 0) is 35.3 Å². The Kier molecular flexibility index (Phi) is 3.61. The molecule has 0 aliphatic carbocycles. The van der Waals surface area contributed by atoms with Crippen LogP contribution >= 0.6 is 0 Å². The van der Waals surface area contributed by atoms with E-state index in [1.165, 1.54) is 11.1 Å². The van der Waals surface area contributed by atoms with Crippen LogP contribution in [0.4, 0.5) is 0 Å². The molecule has 2 aromatic carbocycles. The quantitative estimate of drug-likeness (QED) is 0.574. The van der Waals surface area contributed by atoms with Crippen molar-refractivity contribution in [3.05, 3.63) is 59.7 Å². The fourth-order valence-electron chi connectivity index (χ4n) is 2.49. The van der Waals surface area contributed by atoms with E-state index in [1.54, 1.807) is 0 Å². The van der Waals surface area contributed by atoms with Crippen molar-refractivity contribution in [3.8, 4) is 23.9 Å². The van der Waals surface area contributed by atoms with Crippen LogP contribution in [0.15, 0.2) is 48.5 Å². The van der Waals surface area contributed by atoms with E-state index >= 15 is 0 Å². The standard InChI is InChI=1S/C18H16Si/c1-5-19(6-2,17-13-9-7-11-15(17)3)18-14-10-8-12-16(18)4/h1-2,7-14H,3-4H3. The van der Waals surface area contributed by atoms with Crippen molar-refractivity contribution in [2.75, 3.05) is 0 Å². The second-order valence-electron chi connectivity index (χ2n) is 4.67. The van der Waals surface area contributed by atoms with E-state index in [1.807, 2.05) is 24.3 Å². The maximum absolute atomic E-state index is 5.89. The van der Waals surface area contributed by atoms with Crippen LogP contribution in [0, 0.1) is 37.8 Å². The molecular weight excluding hydrogens is 244 g/mol. The van der Waals surface area contributed by atoms with Gasteiger partial charge in [-0.3, -0.25) is 0 Å². The van der Waals surface area contributed by atoms with Gasteiger partial charge in [0.25, 0.3) is 8.07 Å². The molecule has 0 fully saturated rings. The van der Waals surface area contributed by atoms with Crippen molar-refractivity contribution in [2.24, 2.45) is 0 Å². The van der Waals surface area contributed by atoms with Gasteiger partial charge in [-0.1, -0.05) is 48.5 Å². The first-order chi connectivity index (χ1) is 9.15. The van der Waals surface area contributed by atoms with Gasteiger partial charge in [-0.2, -0.15) is 0 Å². The minimum atomic E-state index is -2.53. The molecule has 0 saturated heterocycles. The fourth-order valence-corrected chi connectivity index (χ4v) is 5.52. The Bertz CT molecular complexity index is 622. The molecule has 0 bridgehead atoms. The maximum atomic E-state index is 5.89. The number of hydrogen-bond donors (Lipinski definition) is 0. The van der Waals surface area contributed by atoms with Crippen LogP contribution in [0.5, 0.6) is 0 Å². The van der Waals surface area contributed by atoms with Crippen LogP contribution in [0.25, 0.3) is 0 Å². The highest BCUT2D eigenvalue weighted by molar-refractivity contribution is 7.13. The molecule has 0 atom stereocenters. The van der Waals surface area contributed by atoms with Crippen LogP contribution in [-0.4, -0.2) is 8.07 Å². The molecule has 0 aromatic heterocycles. The summed E-state index contributed by atoms with van der Waals surface area (Å²) in [6.07, 6.45) is 11.8. The molecule has 0 unspecified atom stereocenters. The Hall–Kier alpha value is -2.22. The highest BCUT2D eigenvalue weighted by Gasteiger charge is 2.36. The summed E-state index contributed by atoms with van der Waals surface area (Å²) in [5, 5.41) is 2.30. The minimum Gasteiger partial charge on any atom is -0.125 e. The first kappa shape index (κ1) is 13.2. The Labute approximate surface area is 116 Å². The average Bonchev–Trinajstić information content (AvgIpc) is 2.44. The second-order valence-corrected chi connectivity index (χ2v) is 7.82. The molecule has 0 N–H and O–H groups in total. The third-order valence-electron chi connectivity index (χ3n) is 3.53. The van der Waals surface area contributed by atoms with Gasteiger partial charge in [-0.25, -0.2) is 0 Å². The summed E-state index contributed by atoms with van der Waals surface area (Å²) in [6, 6.07) is 16.4. The van der Waals surface area contributed by atoms with Crippen LogP contribution < -0.4 is 10.4 Å². The SMILES string of the molecule is C#C[Si](C#C)(c1ccccc1C)c1ccccc1C. The number of terminal acetylenes is 2. The number of hydrogen-bond acceptors (Lipinski definition) is 0. The van der Waals surface area contributed by atoms with Crippen LogP contribution in [0.1, 0.15) is 11.1 Å². The predicted octanol–water partition coefficient (Wildman–Crippen LogP) is 2.21. The maximum Gasteiger partial charge on any atom is 0.275 e. The Morgan fingerprint density at radius 2 is 1.11 bits per heavy atom. The summed E-state index contributed by atoms with van der Waals surface area (Å²) in [5.41, 5.74) is 8.31. The number of benzene rings is 2. The molecule has 0 saturated carbocycles. The van der Waals surface area contributed by atoms with Crippen molar-refractivity contribution in [3.63, 3.8) is 0 Å². The van der Waals surface area contributed by atoms with Gasteiger partial charge in [0.05, 0.1) is 0 Å². The summed E-state index contributed by atoms with van der Waals surface area (Å²) in [5.74, 6) is 0. The monoisotopic (exact) mass is 260 g/mol. The second kappa shape index (κ2) is 5.18. The van der Waals surface area contributed by atoms with E-state index in [2.05, 4.69) is 49.2 Å². The van der Waals surface area contributed by atoms with Crippen molar-refractivity contribution in [1.82, 2.24) is 0 Å². The molecule has 1 heteroatoms. The van der Waals surface area contributed by atoms with E-state index in [9.17, 15) is 0 Å². The molecule has 0 radical (unpaired) electrons. The van der Waals surface area contributed by atoms with Crippen molar-refractivity contribution < 1.29 is 0 Å². The van der Waals surface area contributed by atoms with Gasteiger partial charge in [0.2, 0.25) is 0 Å². The zero-order valence-corrected chi connectivity index (χ0v) is 12.3. The fraction of sp³-hybridized carbons (Fsp3) is 0.111. The predicted molar refractivity (Wildman–Crippen MR) is 85.0 cm³/mol. The van der Waals surface area contributed by atoms with Gasteiger partial charge < -0.3 is 0 Å². The lowest BCUT2D eigenvalue weighted by molar-refractivity contribution is 1.49. The zero-order valence-electron chi connectivity index (χ0n) is 11.3. The highest BCUT2D eigenvalue weighted by atomic mass is 28.3. The lowest BCUT2D eigenvalue weighted by Crippen LogP contribution is -2.58. The molecule has 19 heavy (non-hydrogen) atoms. The molecule has 0 aliphatic rings. The topological polar surface area (TPSA) is 0 Å². The molecule has 92 valence electrons. The largest absolute Gasteiger partial charge is 0.275 e. The molecule has 2 rings (SSSR count). The number of aryl methyl sites for hydroxylation is 2. The smallest absolute Gasteiger partial charge is 0.125 e. The van der Waals surface area contributed by atoms with E-state index in [4.69, 9.17) is 12.8 Å². The molecule has 0 spiro atoms. The minimum absolute atomic E-state index is 1.15. The number of rotatable bonds is 2. The van der Waals surface area contributed by atoms with Crippen LogP contribution in [0.3, 0.4) is 0 Å².